The van der Waals surface area contributed by atoms with E-state index in [-0.39, 0.29) is 0 Å². The number of aliphatic imine (C=N–C) groups is 1. The van der Waals surface area contributed by atoms with E-state index in [1.54, 1.807) is 0 Å². The van der Waals surface area contributed by atoms with E-state index in [1.165, 1.54) is 40.2 Å². The number of hydrogen-bond acceptors (Lipinski definition) is 4. The molecule has 1 fully saturated rings. The molecule has 1 aromatic carbocycles. The first-order valence-corrected chi connectivity index (χ1v) is 9.47. The summed E-state index contributed by atoms with van der Waals surface area (Å²) >= 11 is 1.89. The fourth-order valence-electron chi connectivity index (χ4n) is 3.58. The molecule has 1 aromatic heterocycles. The Morgan fingerprint density at radius 2 is 2.13 bits per heavy atom. The van der Waals surface area contributed by atoms with Gasteiger partial charge in [-0.05, 0) is 63.4 Å². The Hall–Kier alpha value is -1.26. The number of benzene rings is 1. The van der Waals surface area contributed by atoms with Crippen LogP contribution < -0.4 is 0 Å². The summed E-state index contributed by atoms with van der Waals surface area (Å²) in [6.07, 6.45) is 4.92. The number of nitrogens with zero attached hydrogens (tertiary/aromatic N) is 3. The molecule has 2 aliphatic rings. The maximum Gasteiger partial charge on any atom is 0.101 e. The highest BCUT2D eigenvalue weighted by atomic mass is 32.1. The summed E-state index contributed by atoms with van der Waals surface area (Å²) in [6, 6.07) is 6.75. The van der Waals surface area contributed by atoms with E-state index in [2.05, 4.69) is 44.1 Å². The summed E-state index contributed by atoms with van der Waals surface area (Å²) < 4.78 is 1.32. The highest BCUT2D eigenvalue weighted by Crippen LogP contribution is 2.50. The Morgan fingerprint density at radius 3 is 2.78 bits per heavy atom. The van der Waals surface area contributed by atoms with E-state index in [0.717, 1.165) is 30.9 Å². The molecule has 0 N–H and O–H groups in total. The van der Waals surface area contributed by atoms with E-state index in [9.17, 15) is 0 Å². The summed E-state index contributed by atoms with van der Waals surface area (Å²) in [5.41, 5.74) is 4.03. The van der Waals surface area contributed by atoms with Gasteiger partial charge in [0.2, 0.25) is 0 Å². The van der Waals surface area contributed by atoms with Crippen LogP contribution in [0.15, 0.2) is 23.2 Å². The van der Waals surface area contributed by atoms with Crippen LogP contribution in [0, 0.1) is 5.92 Å². The number of fused-ring (bicyclic) bond motifs is 1. The average Bonchev–Trinajstić information content (AvgIpc) is 3.16. The third-order valence-corrected chi connectivity index (χ3v) is 6.40. The molecule has 4 rings (SSSR count). The third-order valence-electron chi connectivity index (χ3n) is 5.11. The Morgan fingerprint density at radius 1 is 1.30 bits per heavy atom. The van der Waals surface area contributed by atoms with Crippen molar-refractivity contribution in [2.45, 2.75) is 38.0 Å². The van der Waals surface area contributed by atoms with Gasteiger partial charge in [-0.1, -0.05) is 13.0 Å². The SMILES string of the molecule is CC1CCC(c2ccc3sc(C4(CN(C)C)CC4)nc3c2)=NC1. The summed E-state index contributed by atoms with van der Waals surface area (Å²) in [5, 5.41) is 1.33. The molecule has 2 heterocycles. The van der Waals surface area contributed by atoms with Gasteiger partial charge in [0.1, 0.15) is 5.01 Å². The first-order chi connectivity index (χ1) is 11.1. The predicted octanol–water partition coefficient (Wildman–Crippen LogP) is 4.11. The van der Waals surface area contributed by atoms with Crippen molar-refractivity contribution in [3.05, 3.63) is 28.8 Å². The molecule has 4 heteroatoms. The number of rotatable bonds is 4. The molecule has 122 valence electrons. The van der Waals surface area contributed by atoms with Crippen LogP contribution in [0.1, 0.15) is 43.2 Å². The second kappa shape index (κ2) is 5.67. The highest BCUT2D eigenvalue weighted by Gasteiger charge is 2.47. The summed E-state index contributed by atoms with van der Waals surface area (Å²) in [6.45, 7) is 4.38. The van der Waals surface area contributed by atoms with Gasteiger partial charge in [-0.15, -0.1) is 11.3 Å². The first kappa shape index (κ1) is 15.3. The normalized spacial score (nSPS) is 23.3. The smallest absolute Gasteiger partial charge is 0.101 e. The fourth-order valence-corrected chi connectivity index (χ4v) is 4.77. The van der Waals surface area contributed by atoms with Crippen molar-refractivity contribution in [1.29, 1.82) is 0 Å². The van der Waals surface area contributed by atoms with E-state index in [0.29, 0.717) is 5.41 Å². The molecule has 1 aliphatic carbocycles. The summed E-state index contributed by atoms with van der Waals surface area (Å²) in [5.74, 6) is 0.731. The molecule has 0 bridgehead atoms. The molecule has 0 radical (unpaired) electrons. The molecule has 1 aliphatic heterocycles. The number of thiazole rings is 1. The van der Waals surface area contributed by atoms with Crippen LogP contribution in [0.4, 0.5) is 0 Å². The number of hydrogen-bond donors (Lipinski definition) is 0. The van der Waals surface area contributed by atoms with E-state index in [4.69, 9.17) is 9.98 Å². The van der Waals surface area contributed by atoms with Gasteiger partial charge in [0, 0.05) is 24.2 Å². The van der Waals surface area contributed by atoms with Gasteiger partial charge in [0.25, 0.3) is 0 Å². The molecule has 23 heavy (non-hydrogen) atoms. The zero-order chi connectivity index (χ0) is 16.0. The lowest BCUT2D eigenvalue weighted by atomic mass is 9.96. The van der Waals surface area contributed by atoms with Crippen LogP contribution in [0.3, 0.4) is 0 Å². The molecule has 0 saturated heterocycles. The zero-order valence-corrected chi connectivity index (χ0v) is 15.1. The van der Waals surface area contributed by atoms with Crippen LogP contribution in [0.25, 0.3) is 10.2 Å². The lowest BCUT2D eigenvalue weighted by molar-refractivity contribution is 0.362. The van der Waals surface area contributed by atoms with E-state index in [1.807, 2.05) is 11.3 Å². The Balaban J connectivity index is 1.65. The van der Waals surface area contributed by atoms with Crippen LogP contribution >= 0.6 is 11.3 Å². The standard InChI is InChI=1S/C19H25N3S/c1-13-4-6-15(20-11-13)14-5-7-17-16(10-14)21-18(23-17)19(8-9-19)12-22(2)3/h5,7,10,13H,4,6,8-9,11-12H2,1-3H3. The lowest BCUT2D eigenvalue weighted by Gasteiger charge is -2.17. The summed E-state index contributed by atoms with van der Waals surface area (Å²) in [4.78, 5) is 12.1. The topological polar surface area (TPSA) is 28.5 Å². The van der Waals surface area contributed by atoms with Gasteiger partial charge in [0.05, 0.1) is 10.2 Å². The quantitative estimate of drug-likeness (QED) is 0.845. The van der Waals surface area contributed by atoms with Crippen LogP contribution in [-0.2, 0) is 5.41 Å². The van der Waals surface area contributed by atoms with Crippen molar-refractivity contribution >= 4 is 27.3 Å². The van der Waals surface area contributed by atoms with Crippen LogP contribution in [-0.4, -0.2) is 42.8 Å². The molecule has 1 saturated carbocycles. The second-order valence-electron chi connectivity index (χ2n) is 7.65. The molecular formula is C19H25N3S. The van der Waals surface area contributed by atoms with E-state index < -0.39 is 0 Å². The van der Waals surface area contributed by atoms with Gasteiger partial charge in [0.15, 0.2) is 0 Å². The largest absolute Gasteiger partial charge is 0.308 e. The van der Waals surface area contributed by atoms with Crippen molar-refractivity contribution < 1.29 is 0 Å². The minimum absolute atomic E-state index is 0.325. The van der Waals surface area contributed by atoms with Crippen LogP contribution in [0.2, 0.25) is 0 Å². The fraction of sp³-hybridized carbons (Fsp3) is 0.579. The van der Waals surface area contributed by atoms with Crippen molar-refractivity contribution in [3.63, 3.8) is 0 Å². The Labute approximate surface area is 142 Å². The highest BCUT2D eigenvalue weighted by molar-refractivity contribution is 7.18. The molecule has 1 atom stereocenters. The molecule has 0 amide bonds. The number of aromatic nitrogens is 1. The molecule has 0 spiro atoms. The number of likely N-dealkylation sites (N-methyl/N-ethyl adjacent to an activating group) is 1. The Kier molecular flexibility index (Phi) is 3.77. The van der Waals surface area contributed by atoms with Crippen molar-refractivity contribution in [2.75, 3.05) is 27.2 Å². The van der Waals surface area contributed by atoms with Crippen molar-refractivity contribution in [2.24, 2.45) is 10.9 Å². The van der Waals surface area contributed by atoms with Gasteiger partial charge in [-0.25, -0.2) is 4.98 Å². The van der Waals surface area contributed by atoms with Crippen molar-refractivity contribution in [1.82, 2.24) is 9.88 Å². The predicted molar refractivity (Wildman–Crippen MR) is 98.9 cm³/mol. The molecule has 2 aromatic rings. The molecular weight excluding hydrogens is 302 g/mol. The third kappa shape index (κ3) is 2.94. The van der Waals surface area contributed by atoms with Crippen molar-refractivity contribution in [3.8, 4) is 0 Å². The second-order valence-corrected chi connectivity index (χ2v) is 8.68. The Bertz CT molecular complexity index is 755. The van der Waals surface area contributed by atoms with Gasteiger partial charge in [-0.2, -0.15) is 0 Å². The van der Waals surface area contributed by atoms with Gasteiger partial charge < -0.3 is 4.90 Å². The molecule has 1 unspecified atom stereocenters. The zero-order valence-electron chi connectivity index (χ0n) is 14.3. The molecule has 3 nitrogen and oxygen atoms in total. The minimum Gasteiger partial charge on any atom is -0.308 e. The van der Waals surface area contributed by atoms with E-state index >= 15 is 0 Å². The summed E-state index contributed by atoms with van der Waals surface area (Å²) in [7, 11) is 4.32. The van der Waals surface area contributed by atoms with Crippen LogP contribution in [0.5, 0.6) is 0 Å². The maximum absolute atomic E-state index is 5.01. The lowest BCUT2D eigenvalue weighted by Crippen LogP contribution is -2.25. The average molecular weight is 327 g/mol. The van der Waals surface area contributed by atoms with Gasteiger partial charge in [-0.3, -0.25) is 4.99 Å². The van der Waals surface area contributed by atoms with Gasteiger partial charge >= 0.3 is 0 Å². The monoisotopic (exact) mass is 327 g/mol. The minimum atomic E-state index is 0.325. The first-order valence-electron chi connectivity index (χ1n) is 8.65. The maximum atomic E-state index is 5.01.